The van der Waals surface area contributed by atoms with Crippen LogP contribution in [0.15, 0.2) is 59.7 Å². The van der Waals surface area contributed by atoms with Crippen molar-refractivity contribution in [2.45, 2.75) is 12.5 Å². The summed E-state index contributed by atoms with van der Waals surface area (Å²) < 4.78 is 9.85. The lowest BCUT2D eigenvalue weighted by atomic mass is 9.98. The minimum atomic E-state index is -0.348. The summed E-state index contributed by atoms with van der Waals surface area (Å²) in [5, 5.41) is 6.15. The summed E-state index contributed by atoms with van der Waals surface area (Å²) >= 11 is 1.23. The largest absolute Gasteiger partial charge is 0.497 e. The SMILES string of the molecule is COC(=O)CSCC(=O)N1N=C(c2ccccc2)C[C@H]1c1ccc(OC)cc1. The summed E-state index contributed by atoms with van der Waals surface area (Å²) in [6.45, 7) is 0. The highest BCUT2D eigenvalue weighted by Crippen LogP contribution is 2.34. The second kappa shape index (κ2) is 9.41. The highest BCUT2D eigenvalue weighted by Gasteiger charge is 2.33. The molecule has 0 spiro atoms. The maximum Gasteiger partial charge on any atom is 0.315 e. The van der Waals surface area contributed by atoms with Gasteiger partial charge in [-0.05, 0) is 23.3 Å². The number of amides is 1. The highest BCUT2D eigenvalue weighted by atomic mass is 32.2. The van der Waals surface area contributed by atoms with Gasteiger partial charge >= 0.3 is 5.97 Å². The Bertz CT molecular complexity index is 852. The van der Waals surface area contributed by atoms with Crippen molar-refractivity contribution < 1.29 is 19.1 Å². The summed E-state index contributed by atoms with van der Waals surface area (Å²) in [6.07, 6.45) is 0.629. The molecule has 7 heteroatoms. The minimum Gasteiger partial charge on any atom is -0.497 e. The van der Waals surface area contributed by atoms with Gasteiger partial charge in [0.2, 0.25) is 0 Å². The second-order valence-electron chi connectivity index (χ2n) is 6.21. The Morgan fingerprint density at radius 3 is 2.43 bits per heavy atom. The van der Waals surface area contributed by atoms with Gasteiger partial charge in [0, 0.05) is 6.42 Å². The maximum absolute atomic E-state index is 12.8. The van der Waals surface area contributed by atoms with Crippen LogP contribution in [0.3, 0.4) is 0 Å². The van der Waals surface area contributed by atoms with E-state index in [1.54, 1.807) is 7.11 Å². The van der Waals surface area contributed by atoms with Crippen molar-refractivity contribution in [2.24, 2.45) is 5.10 Å². The van der Waals surface area contributed by atoms with Crippen LogP contribution in [0.1, 0.15) is 23.6 Å². The molecule has 0 saturated carbocycles. The number of ether oxygens (including phenoxy) is 2. The quantitative estimate of drug-likeness (QED) is 0.670. The van der Waals surface area contributed by atoms with Crippen molar-refractivity contribution in [2.75, 3.05) is 25.7 Å². The topological polar surface area (TPSA) is 68.2 Å². The Kier molecular flexibility index (Phi) is 6.71. The number of esters is 1. The molecule has 0 aliphatic carbocycles. The number of benzene rings is 2. The number of thioether (sulfide) groups is 1. The number of hydrogen-bond acceptors (Lipinski definition) is 6. The zero-order valence-electron chi connectivity index (χ0n) is 15.8. The lowest BCUT2D eigenvalue weighted by Gasteiger charge is -2.22. The van der Waals surface area contributed by atoms with Crippen molar-refractivity contribution >= 4 is 29.4 Å². The Hall–Kier alpha value is -2.80. The third kappa shape index (κ3) is 4.72. The average Bonchev–Trinajstić information content (AvgIpc) is 3.20. The van der Waals surface area contributed by atoms with E-state index >= 15 is 0 Å². The standard InChI is InChI=1S/C21H22N2O4S/c1-26-17-10-8-16(9-11-17)19-12-18(15-6-4-3-5-7-15)22-23(19)20(24)13-28-14-21(25)27-2/h3-11,19H,12-14H2,1-2H3/t19-/m0/s1. The molecule has 0 fully saturated rings. The van der Waals surface area contributed by atoms with Gasteiger partial charge in [-0.3, -0.25) is 9.59 Å². The monoisotopic (exact) mass is 398 g/mol. The van der Waals surface area contributed by atoms with Gasteiger partial charge in [-0.1, -0.05) is 42.5 Å². The Morgan fingerprint density at radius 2 is 1.79 bits per heavy atom. The first-order valence-electron chi connectivity index (χ1n) is 8.86. The number of carbonyl (C=O) groups is 2. The fourth-order valence-electron chi connectivity index (χ4n) is 2.98. The molecule has 0 radical (unpaired) electrons. The summed E-state index contributed by atoms with van der Waals surface area (Å²) in [5.41, 5.74) is 2.85. The molecule has 0 saturated heterocycles. The fourth-order valence-corrected chi connectivity index (χ4v) is 3.67. The van der Waals surface area contributed by atoms with E-state index in [-0.39, 0.29) is 29.4 Å². The number of hydrogen-bond donors (Lipinski definition) is 0. The normalized spacial score (nSPS) is 15.9. The minimum absolute atomic E-state index is 0.137. The van der Waals surface area contributed by atoms with Crippen LogP contribution in [0.2, 0.25) is 0 Å². The summed E-state index contributed by atoms with van der Waals surface area (Å²) in [5.74, 6) is 0.573. The maximum atomic E-state index is 12.8. The Labute approximate surface area is 168 Å². The summed E-state index contributed by atoms with van der Waals surface area (Å²) in [7, 11) is 2.96. The molecule has 2 aromatic rings. The number of carbonyl (C=O) groups excluding carboxylic acids is 2. The molecule has 1 atom stereocenters. The van der Waals surface area contributed by atoms with E-state index in [0.29, 0.717) is 6.42 Å². The second-order valence-corrected chi connectivity index (χ2v) is 7.20. The molecule has 0 bridgehead atoms. The van der Waals surface area contributed by atoms with E-state index < -0.39 is 0 Å². The van der Waals surface area contributed by atoms with Gasteiger partial charge in [0.25, 0.3) is 5.91 Å². The molecule has 1 amide bonds. The predicted molar refractivity (Wildman–Crippen MR) is 110 cm³/mol. The molecule has 0 unspecified atom stereocenters. The van der Waals surface area contributed by atoms with Gasteiger partial charge in [0.15, 0.2) is 0 Å². The third-order valence-electron chi connectivity index (χ3n) is 4.45. The molecule has 6 nitrogen and oxygen atoms in total. The van der Waals surface area contributed by atoms with Gasteiger partial charge in [0.05, 0.1) is 37.5 Å². The zero-order chi connectivity index (χ0) is 19.9. The summed E-state index contributed by atoms with van der Waals surface area (Å²) in [6, 6.07) is 17.3. The third-order valence-corrected chi connectivity index (χ3v) is 5.34. The van der Waals surface area contributed by atoms with E-state index in [1.165, 1.54) is 23.9 Å². The first-order chi connectivity index (χ1) is 13.6. The fraction of sp³-hybridized carbons (Fsp3) is 0.286. The van der Waals surface area contributed by atoms with Crippen LogP contribution >= 0.6 is 11.8 Å². The van der Waals surface area contributed by atoms with Crippen molar-refractivity contribution in [1.82, 2.24) is 5.01 Å². The molecular formula is C21H22N2O4S. The van der Waals surface area contributed by atoms with Crippen LogP contribution in [-0.2, 0) is 14.3 Å². The molecule has 0 aromatic heterocycles. The molecule has 1 aliphatic heterocycles. The molecular weight excluding hydrogens is 376 g/mol. The van der Waals surface area contributed by atoms with E-state index in [9.17, 15) is 9.59 Å². The molecule has 146 valence electrons. The van der Waals surface area contributed by atoms with E-state index in [2.05, 4.69) is 9.84 Å². The summed E-state index contributed by atoms with van der Waals surface area (Å²) in [4.78, 5) is 24.1. The number of rotatable bonds is 7. The predicted octanol–water partition coefficient (Wildman–Crippen LogP) is 3.28. The smallest absolute Gasteiger partial charge is 0.315 e. The van der Waals surface area contributed by atoms with Gasteiger partial charge in [-0.2, -0.15) is 5.10 Å². The van der Waals surface area contributed by atoms with E-state index in [0.717, 1.165) is 22.6 Å². The molecule has 1 heterocycles. The van der Waals surface area contributed by atoms with Crippen LogP contribution in [0, 0.1) is 0 Å². The highest BCUT2D eigenvalue weighted by molar-refractivity contribution is 8.00. The van der Waals surface area contributed by atoms with Crippen LogP contribution in [-0.4, -0.2) is 48.3 Å². The number of methoxy groups -OCH3 is 2. The molecule has 2 aromatic carbocycles. The number of nitrogens with zero attached hydrogens (tertiary/aromatic N) is 2. The van der Waals surface area contributed by atoms with Crippen LogP contribution in [0.5, 0.6) is 5.75 Å². The lowest BCUT2D eigenvalue weighted by molar-refractivity contribution is -0.137. The molecule has 28 heavy (non-hydrogen) atoms. The van der Waals surface area contributed by atoms with Crippen molar-refractivity contribution in [3.63, 3.8) is 0 Å². The van der Waals surface area contributed by atoms with Crippen LogP contribution in [0.25, 0.3) is 0 Å². The van der Waals surface area contributed by atoms with Crippen molar-refractivity contribution in [1.29, 1.82) is 0 Å². The number of hydrazone groups is 1. The first kappa shape index (κ1) is 19.9. The van der Waals surface area contributed by atoms with E-state index in [1.807, 2.05) is 54.6 Å². The van der Waals surface area contributed by atoms with Gasteiger partial charge in [0.1, 0.15) is 5.75 Å². The molecule has 1 aliphatic rings. The van der Waals surface area contributed by atoms with Gasteiger partial charge in [-0.15, -0.1) is 11.8 Å². The van der Waals surface area contributed by atoms with Crippen LogP contribution < -0.4 is 4.74 Å². The van der Waals surface area contributed by atoms with Gasteiger partial charge in [-0.25, -0.2) is 5.01 Å². The van der Waals surface area contributed by atoms with E-state index in [4.69, 9.17) is 4.74 Å². The first-order valence-corrected chi connectivity index (χ1v) is 10.0. The van der Waals surface area contributed by atoms with Gasteiger partial charge < -0.3 is 9.47 Å². The zero-order valence-corrected chi connectivity index (χ0v) is 16.6. The van der Waals surface area contributed by atoms with Crippen LogP contribution in [0.4, 0.5) is 0 Å². The molecule has 3 rings (SSSR count). The van der Waals surface area contributed by atoms with Crippen molar-refractivity contribution in [3.8, 4) is 5.75 Å². The Balaban J connectivity index is 1.80. The lowest BCUT2D eigenvalue weighted by Crippen LogP contribution is -2.29. The van der Waals surface area contributed by atoms with Crippen molar-refractivity contribution in [3.05, 3.63) is 65.7 Å². The Morgan fingerprint density at radius 1 is 1.07 bits per heavy atom. The molecule has 0 N–H and O–H groups in total. The average molecular weight is 398 g/mol.